The largest absolute Gasteiger partial charge is 0.397 e. The van der Waals surface area contributed by atoms with Crippen LogP contribution < -0.4 is 16.8 Å². The summed E-state index contributed by atoms with van der Waals surface area (Å²) < 4.78 is 0. The number of nitrogens with one attached hydrogen (secondary N) is 1. The van der Waals surface area contributed by atoms with E-state index < -0.39 is 0 Å². The zero-order chi connectivity index (χ0) is 19.3. The molecule has 0 radical (unpaired) electrons. The third-order valence-electron chi connectivity index (χ3n) is 5.27. The minimum Gasteiger partial charge on any atom is -0.397 e. The van der Waals surface area contributed by atoms with Gasteiger partial charge in [0, 0.05) is 28.8 Å². The Labute approximate surface area is 157 Å². The maximum atomic E-state index is 12.2. The highest BCUT2D eigenvalue weighted by molar-refractivity contribution is 5.98. The van der Waals surface area contributed by atoms with Crippen LogP contribution in [0, 0.1) is 25.7 Å². The molecule has 1 aliphatic rings. The second kappa shape index (κ2) is 6.19. The molecule has 7 heteroatoms. The van der Waals surface area contributed by atoms with E-state index in [-0.39, 0.29) is 11.8 Å². The summed E-state index contributed by atoms with van der Waals surface area (Å²) >= 11 is 0. The molecule has 0 spiro atoms. The van der Waals surface area contributed by atoms with Crippen molar-refractivity contribution in [2.45, 2.75) is 27.2 Å². The van der Waals surface area contributed by atoms with Crippen LogP contribution in [-0.2, 0) is 4.79 Å². The van der Waals surface area contributed by atoms with Gasteiger partial charge in [-0.15, -0.1) is 0 Å². The first-order valence-electron chi connectivity index (χ1n) is 8.94. The van der Waals surface area contributed by atoms with Crippen LogP contribution in [0.4, 0.5) is 17.3 Å². The van der Waals surface area contributed by atoms with Gasteiger partial charge in [-0.25, -0.2) is 9.97 Å². The lowest BCUT2D eigenvalue weighted by atomic mass is 10.0. The van der Waals surface area contributed by atoms with E-state index in [0.29, 0.717) is 28.9 Å². The summed E-state index contributed by atoms with van der Waals surface area (Å²) in [4.78, 5) is 25.4. The van der Waals surface area contributed by atoms with Crippen molar-refractivity contribution in [3.63, 3.8) is 0 Å². The lowest BCUT2D eigenvalue weighted by molar-refractivity contribution is -0.117. The number of fused-ring (bicyclic) bond motifs is 1. The van der Waals surface area contributed by atoms with Gasteiger partial charge in [0.15, 0.2) is 0 Å². The molecule has 0 saturated heterocycles. The lowest BCUT2D eigenvalue weighted by Gasteiger charge is -2.13. The van der Waals surface area contributed by atoms with Gasteiger partial charge in [-0.05, 0) is 49.3 Å². The van der Waals surface area contributed by atoms with Crippen molar-refractivity contribution in [2.75, 3.05) is 16.8 Å². The molecule has 3 aromatic rings. The van der Waals surface area contributed by atoms with Crippen molar-refractivity contribution in [3.8, 4) is 11.3 Å². The summed E-state index contributed by atoms with van der Waals surface area (Å²) in [6.45, 7) is 5.93. The minimum atomic E-state index is 0.0170. The van der Waals surface area contributed by atoms with Gasteiger partial charge in [0.25, 0.3) is 0 Å². The molecule has 0 aliphatic heterocycles. The summed E-state index contributed by atoms with van der Waals surface area (Å²) in [5.74, 6) is 1.44. The lowest BCUT2D eigenvalue weighted by Crippen LogP contribution is -2.15. The molecule has 3 aromatic heterocycles. The highest BCUT2D eigenvalue weighted by Gasteiger charge is 2.39. The van der Waals surface area contributed by atoms with E-state index in [4.69, 9.17) is 11.5 Å². The number of rotatable bonds is 3. The van der Waals surface area contributed by atoms with Gasteiger partial charge >= 0.3 is 0 Å². The Morgan fingerprint density at radius 2 is 1.93 bits per heavy atom. The Morgan fingerprint density at radius 3 is 2.63 bits per heavy atom. The molecular formula is C20H22N6O. The topological polar surface area (TPSA) is 120 Å². The summed E-state index contributed by atoms with van der Waals surface area (Å²) in [7, 11) is 0. The molecule has 1 saturated carbocycles. The number of carbonyl (C=O) groups excluding carboxylic acids is 1. The summed E-state index contributed by atoms with van der Waals surface area (Å²) in [5.41, 5.74) is 16.1. The molecule has 1 fully saturated rings. The molecule has 2 atom stereocenters. The predicted octanol–water partition coefficient (Wildman–Crippen LogP) is 3.07. The van der Waals surface area contributed by atoms with Gasteiger partial charge in [0.05, 0.1) is 17.6 Å². The molecule has 7 nitrogen and oxygen atoms in total. The van der Waals surface area contributed by atoms with Crippen LogP contribution in [0.25, 0.3) is 22.0 Å². The second-order valence-electron chi connectivity index (χ2n) is 7.29. The highest BCUT2D eigenvalue weighted by atomic mass is 16.2. The zero-order valence-corrected chi connectivity index (χ0v) is 15.6. The van der Waals surface area contributed by atoms with Crippen LogP contribution in [0.15, 0.2) is 24.5 Å². The third kappa shape index (κ3) is 3.05. The second-order valence-corrected chi connectivity index (χ2v) is 7.29. The Kier molecular flexibility index (Phi) is 3.95. The number of nitrogen functional groups attached to an aromatic ring is 2. The predicted molar refractivity (Wildman–Crippen MR) is 107 cm³/mol. The maximum absolute atomic E-state index is 12.2. The van der Waals surface area contributed by atoms with Crippen LogP contribution in [0.2, 0.25) is 0 Å². The van der Waals surface area contributed by atoms with Gasteiger partial charge in [-0.1, -0.05) is 6.92 Å². The smallest absolute Gasteiger partial charge is 0.228 e. The van der Waals surface area contributed by atoms with Crippen LogP contribution in [-0.4, -0.2) is 20.9 Å². The molecule has 1 amide bonds. The molecule has 3 heterocycles. The van der Waals surface area contributed by atoms with E-state index in [9.17, 15) is 4.79 Å². The first-order chi connectivity index (χ1) is 12.8. The number of anilines is 3. The molecule has 27 heavy (non-hydrogen) atoms. The number of hydrogen-bond acceptors (Lipinski definition) is 6. The molecule has 4 rings (SSSR count). The fraction of sp³-hybridized carbons (Fsp3) is 0.300. The summed E-state index contributed by atoms with van der Waals surface area (Å²) in [6, 6.07) is 3.76. The number of nitrogens with two attached hydrogens (primary N) is 2. The SMILES string of the molecule is Cc1ncc(N)c(C)c1-c1cc2cc(NC(=O)[C@H]3C[C@@H]3C)ncc2c(N)n1. The summed E-state index contributed by atoms with van der Waals surface area (Å²) in [6.07, 6.45) is 4.22. The Hall–Kier alpha value is -3.22. The van der Waals surface area contributed by atoms with Crippen molar-refractivity contribution >= 4 is 34.0 Å². The van der Waals surface area contributed by atoms with E-state index in [1.807, 2.05) is 26.0 Å². The van der Waals surface area contributed by atoms with E-state index in [1.54, 1.807) is 12.4 Å². The number of pyridine rings is 3. The quantitative estimate of drug-likeness (QED) is 0.658. The molecule has 138 valence electrons. The average molecular weight is 362 g/mol. The first kappa shape index (κ1) is 17.2. The van der Waals surface area contributed by atoms with Gasteiger partial charge in [-0.2, -0.15) is 0 Å². The van der Waals surface area contributed by atoms with E-state index in [1.165, 1.54) is 0 Å². The van der Waals surface area contributed by atoms with E-state index in [2.05, 4.69) is 27.2 Å². The van der Waals surface area contributed by atoms with Crippen LogP contribution in [0.1, 0.15) is 24.6 Å². The van der Waals surface area contributed by atoms with Crippen LogP contribution in [0.3, 0.4) is 0 Å². The number of nitrogens with zero attached hydrogens (tertiary/aromatic N) is 3. The molecule has 1 aliphatic carbocycles. The highest BCUT2D eigenvalue weighted by Crippen LogP contribution is 2.38. The number of amides is 1. The zero-order valence-electron chi connectivity index (χ0n) is 15.6. The first-order valence-corrected chi connectivity index (χ1v) is 8.94. The Bertz CT molecular complexity index is 1080. The van der Waals surface area contributed by atoms with Crippen molar-refractivity contribution in [1.29, 1.82) is 0 Å². The third-order valence-corrected chi connectivity index (χ3v) is 5.27. The maximum Gasteiger partial charge on any atom is 0.228 e. The number of hydrogen-bond donors (Lipinski definition) is 3. The van der Waals surface area contributed by atoms with Crippen LogP contribution in [0.5, 0.6) is 0 Å². The fourth-order valence-electron chi connectivity index (χ4n) is 3.40. The van der Waals surface area contributed by atoms with Gasteiger partial charge in [0.1, 0.15) is 11.6 Å². The Morgan fingerprint density at radius 1 is 1.19 bits per heavy atom. The summed E-state index contributed by atoms with van der Waals surface area (Å²) in [5, 5.41) is 4.49. The van der Waals surface area contributed by atoms with E-state index >= 15 is 0 Å². The molecule has 0 aromatic carbocycles. The fourth-order valence-corrected chi connectivity index (χ4v) is 3.40. The minimum absolute atomic E-state index is 0.0170. The van der Waals surface area contributed by atoms with Crippen molar-refractivity contribution in [1.82, 2.24) is 15.0 Å². The Balaban J connectivity index is 1.78. The normalized spacial score (nSPS) is 18.5. The van der Waals surface area contributed by atoms with E-state index in [0.717, 1.165) is 34.0 Å². The molecule has 0 unspecified atom stereocenters. The standard InChI is InChI=1S/C20H22N6O/c1-9-4-13(9)20(27)26-17-6-12-5-16(25-19(22)14(12)7-24-17)18-10(2)15(21)8-23-11(18)3/h5-9,13H,4,21H2,1-3H3,(H2,22,25)(H,24,26,27)/t9-,13-/m0/s1. The molecule has 5 N–H and O–H groups in total. The van der Waals surface area contributed by atoms with Gasteiger partial charge in [-0.3, -0.25) is 9.78 Å². The molecular weight excluding hydrogens is 340 g/mol. The van der Waals surface area contributed by atoms with Gasteiger partial charge in [0.2, 0.25) is 5.91 Å². The number of aryl methyl sites for hydroxylation is 1. The van der Waals surface area contributed by atoms with Crippen LogP contribution >= 0.6 is 0 Å². The number of carbonyl (C=O) groups is 1. The number of aromatic nitrogens is 3. The van der Waals surface area contributed by atoms with Crippen molar-refractivity contribution in [3.05, 3.63) is 35.8 Å². The van der Waals surface area contributed by atoms with Gasteiger partial charge < -0.3 is 16.8 Å². The van der Waals surface area contributed by atoms with Crippen molar-refractivity contribution in [2.24, 2.45) is 11.8 Å². The van der Waals surface area contributed by atoms with Crippen molar-refractivity contribution < 1.29 is 4.79 Å². The molecule has 0 bridgehead atoms. The monoisotopic (exact) mass is 362 g/mol. The average Bonchev–Trinajstić information content (AvgIpc) is 3.35.